The normalized spacial score (nSPS) is 27.9. The van der Waals surface area contributed by atoms with Gasteiger partial charge in [-0.2, -0.15) is 0 Å². The molecule has 0 radical (unpaired) electrons. The van der Waals surface area contributed by atoms with Crippen LogP contribution in [0.15, 0.2) is 18.2 Å². The van der Waals surface area contributed by atoms with Gasteiger partial charge in [0.05, 0.1) is 12.7 Å². The van der Waals surface area contributed by atoms with Crippen molar-refractivity contribution in [2.24, 2.45) is 5.92 Å². The summed E-state index contributed by atoms with van der Waals surface area (Å²) >= 11 is 5.90. The van der Waals surface area contributed by atoms with Gasteiger partial charge in [-0.05, 0) is 30.9 Å². The molecule has 0 saturated heterocycles. The van der Waals surface area contributed by atoms with E-state index in [4.69, 9.17) is 16.3 Å². The van der Waals surface area contributed by atoms with Gasteiger partial charge in [-0.15, -0.1) is 0 Å². The minimum Gasteiger partial charge on any atom is -0.496 e. The van der Waals surface area contributed by atoms with Gasteiger partial charge < -0.3 is 9.84 Å². The second kappa shape index (κ2) is 4.27. The number of halogens is 1. The molecule has 1 fully saturated rings. The van der Waals surface area contributed by atoms with Gasteiger partial charge in [0.25, 0.3) is 0 Å². The van der Waals surface area contributed by atoms with Crippen LogP contribution in [-0.2, 0) is 5.60 Å². The third kappa shape index (κ3) is 1.92. The molecule has 1 aromatic rings. The lowest BCUT2D eigenvalue weighted by Crippen LogP contribution is -2.10. The maximum atomic E-state index is 10.5. The van der Waals surface area contributed by atoms with Crippen molar-refractivity contribution in [2.75, 3.05) is 7.11 Å². The molecule has 0 aromatic heterocycles. The van der Waals surface area contributed by atoms with Crippen molar-refractivity contribution in [2.45, 2.75) is 31.8 Å². The van der Waals surface area contributed by atoms with Crippen molar-refractivity contribution in [1.82, 2.24) is 0 Å². The lowest BCUT2D eigenvalue weighted by atomic mass is 10.0. The Morgan fingerprint density at radius 1 is 1.56 bits per heavy atom. The largest absolute Gasteiger partial charge is 0.496 e. The molecule has 2 unspecified atom stereocenters. The zero-order valence-electron chi connectivity index (χ0n) is 9.66. The van der Waals surface area contributed by atoms with Gasteiger partial charge in [0.1, 0.15) is 5.75 Å². The molecule has 2 atom stereocenters. The van der Waals surface area contributed by atoms with Crippen LogP contribution in [0.2, 0.25) is 5.02 Å². The molecule has 1 saturated carbocycles. The quantitative estimate of drug-likeness (QED) is 0.875. The molecule has 0 spiro atoms. The summed E-state index contributed by atoms with van der Waals surface area (Å²) in [6.45, 7) is 2.14. The van der Waals surface area contributed by atoms with Gasteiger partial charge in [-0.3, -0.25) is 0 Å². The number of aliphatic hydroxyl groups is 1. The number of methoxy groups -OCH3 is 1. The number of rotatable bonds is 4. The third-order valence-electron chi connectivity index (χ3n) is 3.34. The first kappa shape index (κ1) is 11.7. The fraction of sp³-hybridized carbons (Fsp3) is 0.538. The highest BCUT2D eigenvalue weighted by Crippen LogP contribution is 2.56. The summed E-state index contributed by atoms with van der Waals surface area (Å²) in [5, 5.41) is 11.1. The Bertz CT molecular complexity index is 392. The molecular weight excluding hydrogens is 224 g/mol. The predicted octanol–water partition coefficient (Wildman–Crippen LogP) is 3.36. The van der Waals surface area contributed by atoms with Crippen molar-refractivity contribution in [3.05, 3.63) is 28.8 Å². The third-order valence-corrected chi connectivity index (χ3v) is 3.58. The minimum absolute atomic E-state index is 0.368. The molecule has 1 aliphatic carbocycles. The molecular formula is C13H17ClO2. The van der Waals surface area contributed by atoms with Gasteiger partial charge in [-0.1, -0.05) is 31.0 Å². The molecule has 0 bridgehead atoms. The SMILES string of the molecule is CCCC1CC1(O)c1ccc(Cl)cc1OC. The van der Waals surface area contributed by atoms with Crippen LogP contribution in [0.25, 0.3) is 0 Å². The minimum atomic E-state index is -0.689. The van der Waals surface area contributed by atoms with E-state index in [1.54, 1.807) is 19.2 Å². The molecule has 3 heteroatoms. The summed E-state index contributed by atoms with van der Waals surface area (Å²) in [5.74, 6) is 1.06. The molecule has 88 valence electrons. The van der Waals surface area contributed by atoms with Crippen LogP contribution in [0.4, 0.5) is 0 Å². The molecule has 16 heavy (non-hydrogen) atoms. The van der Waals surface area contributed by atoms with E-state index in [0.29, 0.717) is 16.7 Å². The molecule has 1 aliphatic rings. The van der Waals surface area contributed by atoms with Gasteiger partial charge >= 0.3 is 0 Å². The first-order valence-corrected chi connectivity index (χ1v) is 6.06. The maximum absolute atomic E-state index is 10.5. The summed E-state index contributed by atoms with van der Waals surface area (Å²) in [6, 6.07) is 5.44. The zero-order valence-corrected chi connectivity index (χ0v) is 10.4. The van der Waals surface area contributed by atoms with E-state index in [9.17, 15) is 5.11 Å². The number of ether oxygens (including phenoxy) is 1. The highest BCUT2D eigenvalue weighted by molar-refractivity contribution is 6.30. The van der Waals surface area contributed by atoms with Crippen molar-refractivity contribution < 1.29 is 9.84 Å². The monoisotopic (exact) mass is 240 g/mol. The van der Waals surface area contributed by atoms with Crippen molar-refractivity contribution in [3.63, 3.8) is 0 Å². The Labute approximate surface area is 101 Å². The van der Waals surface area contributed by atoms with E-state index < -0.39 is 5.60 Å². The van der Waals surface area contributed by atoms with E-state index in [-0.39, 0.29) is 0 Å². The summed E-state index contributed by atoms with van der Waals surface area (Å²) in [7, 11) is 1.61. The maximum Gasteiger partial charge on any atom is 0.126 e. The summed E-state index contributed by atoms with van der Waals surface area (Å²) in [6.07, 6.45) is 2.99. The van der Waals surface area contributed by atoms with Crippen LogP contribution in [0, 0.1) is 5.92 Å². The molecule has 0 amide bonds. The number of benzene rings is 1. The standard InChI is InChI=1S/C13H17ClO2/c1-3-4-9-8-13(9,15)11-6-5-10(14)7-12(11)16-2/h5-7,9,15H,3-4,8H2,1-2H3. The average molecular weight is 241 g/mol. The number of hydrogen-bond acceptors (Lipinski definition) is 2. The molecule has 2 rings (SSSR count). The molecule has 0 heterocycles. The highest BCUT2D eigenvalue weighted by Gasteiger charge is 2.54. The Kier molecular flexibility index (Phi) is 3.13. The summed E-state index contributed by atoms with van der Waals surface area (Å²) < 4.78 is 5.27. The predicted molar refractivity (Wildman–Crippen MR) is 64.9 cm³/mol. The van der Waals surface area contributed by atoms with E-state index in [0.717, 1.165) is 24.8 Å². The molecule has 2 nitrogen and oxygen atoms in total. The van der Waals surface area contributed by atoms with E-state index >= 15 is 0 Å². The lowest BCUT2D eigenvalue weighted by molar-refractivity contribution is 0.125. The Balaban J connectivity index is 2.28. The van der Waals surface area contributed by atoms with E-state index in [1.165, 1.54) is 0 Å². The fourth-order valence-electron chi connectivity index (χ4n) is 2.36. The molecule has 1 aromatic carbocycles. The first-order chi connectivity index (χ1) is 7.61. The Morgan fingerprint density at radius 3 is 2.94 bits per heavy atom. The average Bonchev–Trinajstić information content (AvgIpc) is 2.91. The van der Waals surface area contributed by atoms with Crippen LogP contribution in [0.3, 0.4) is 0 Å². The van der Waals surface area contributed by atoms with Crippen molar-refractivity contribution in [1.29, 1.82) is 0 Å². The summed E-state index contributed by atoms with van der Waals surface area (Å²) in [4.78, 5) is 0. The van der Waals surface area contributed by atoms with Gasteiger partial charge in [0.15, 0.2) is 0 Å². The van der Waals surface area contributed by atoms with Crippen LogP contribution in [-0.4, -0.2) is 12.2 Å². The number of hydrogen-bond donors (Lipinski definition) is 1. The topological polar surface area (TPSA) is 29.5 Å². The Hall–Kier alpha value is -0.730. The van der Waals surface area contributed by atoms with Crippen LogP contribution < -0.4 is 4.74 Å². The molecule has 1 N–H and O–H groups in total. The highest BCUT2D eigenvalue weighted by atomic mass is 35.5. The fourth-order valence-corrected chi connectivity index (χ4v) is 2.52. The van der Waals surface area contributed by atoms with Gasteiger partial charge in [0.2, 0.25) is 0 Å². The van der Waals surface area contributed by atoms with Crippen LogP contribution in [0.5, 0.6) is 5.75 Å². The van der Waals surface area contributed by atoms with Crippen LogP contribution in [0.1, 0.15) is 31.7 Å². The smallest absolute Gasteiger partial charge is 0.126 e. The second-order valence-corrected chi connectivity index (χ2v) is 4.90. The van der Waals surface area contributed by atoms with Crippen molar-refractivity contribution >= 4 is 11.6 Å². The molecule has 0 aliphatic heterocycles. The van der Waals surface area contributed by atoms with E-state index in [1.807, 2.05) is 6.07 Å². The van der Waals surface area contributed by atoms with Gasteiger partial charge in [-0.25, -0.2) is 0 Å². The Morgan fingerprint density at radius 2 is 2.31 bits per heavy atom. The van der Waals surface area contributed by atoms with Gasteiger partial charge in [0, 0.05) is 10.6 Å². The second-order valence-electron chi connectivity index (χ2n) is 4.46. The zero-order chi connectivity index (χ0) is 11.8. The van der Waals surface area contributed by atoms with E-state index in [2.05, 4.69) is 6.92 Å². The summed E-state index contributed by atoms with van der Waals surface area (Å²) in [5.41, 5.74) is 0.184. The van der Waals surface area contributed by atoms with Crippen molar-refractivity contribution in [3.8, 4) is 5.75 Å². The first-order valence-electron chi connectivity index (χ1n) is 5.68. The lowest BCUT2D eigenvalue weighted by Gasteiger charge is -2.15. The van der Waals surface area contributed by atoms with Crippen LogP contribution >= 0.6 is 11.6 Å².